The van der Waals surface area contributed by atoms with Crippen LogP contribution in [0.1, 0.15) is 40.0 Å². The van der Waals surface area contributed by atoms with E-state index in [1.165, 1.54) is 10.4 Å². The highest BCUT2D eigenvalue weighted by molar-refractivity contribution is 6.99. The van der Waals surface area contributed by atoms with Gasteiger partial charge >= 0.3 is 0 Å². The Morgan fingerprint density at radius 1 is 1.00 bits per heavy atom. The molecule has 1 atom stereocenters. The summed E-state index contributed by atoms with van der Waals surface area (Å²) in [5.41, 5.74) is 0. The second kappa shape index (κ2) is 9.18. The Balaban J connectivity index is 2.34. The minimum atomic E-state index is -2.46. The lowest BCUT2D eigenvalue weighted by Crippen LogP contribution is -2.66. The van der Waals surface area contributed by atoms with Crippen molar-refractivity contribution in [1.29, 1.82) is 0 Å². The van der Waals surface area contributed by atoms with Crippen LogP contribution in [0.2, 0.25) is 5.04 Å². The molecular weight excluding hydrogens is 336 g/mol. The highest BCUT2D eigenvalue weighted by Crippen LogP contribution is 2.36. The van der Waals surface area contributed by atoms with Crippen LogP contribution in [-0.2, 0) is 4.43 Å². The Morgan fingerprint density at radius 3 is 1.92 bits per heavy atom. The quantitative estimate of drug-likeness (QED) is 0.438. The van der Waals surface area contributed by atoms with E-state index in [1.54, 1.807) is 0 Å². The van der Waals surface area contributed by atoms with Gasteiger partial charge in [0.25, 0.3) is 8.32 Å². The van der Waals surface area contributed by atoms with Gasteiger partial charge in [0.2, 0.25) is 0 Å². The lowest BCUT2D eigenvalue weighted by Gasteiger charge is -2.43. The topological polar surface area (TPSA) is 29.5 Å². The van der Waals surface area contributed by atoms with E-state index in [0.29, 0.717) is 19.4 Å². The van der Waals surface area contributed by atoms with E-state index in [1.807, 2.05) is 12.1 Å². The van der Waals surface area contributed by atoms with Crippen LogP contribution in [0.25, 0.3) is 0 Å². The lowest BCUT2D eigenvalue weighted by atomic mass is 10.1. The van der Waals surface area contributed by atoms with E-state index in [0.717, 1.165) is 6.42 Å². The minimum Gasteiger partial charge on any atom is -0.407 e. The molecule has 0 saturated heterocycles. The number of benzene rings is 2. The Bertz CT molecular complexity index is 659. The molecule has 2 nitrogen and oxygen atoms in total. The maximum atomic E-state index is 9.89. The van der Waals surface area contributed by atoms with Gasteiger partial charge in [-0.1, -0.05) is 81.4 Å². The molecule has 0 aromatic heterocycles. The summed E-state index contributed by atoms with van der Waals surface area (Å²) in [4.78, 5) is 0. The summed E-state index contributed by atoms with van der Waals surface area (Å²) in [5.74, 6) is 2.52. The van der Waals surface area contributed by atoms with Gasteiger partial charge in [0.1, 0.15) is 0 Å². The Morgan fingerprint density at radius 2 is 1.50 bits per heavy atom. The molecule has 0 unspecified atom stereocenters. The predicted molar refractivity (Wildman–Crippen MR) is 112 cm³/mol. The summed E-state index contributed by atoms with van der Waals surface area (Å²) in [6, 6.07) is 21.2. The molecule has 2 aromatic carbocycles. The molecule has 1 N–H and O–H groups in total. The van der Waals surface area contributed by atoms with Gasteiger partial charge in [-0.05, 0) is 28.3 Å². The van der Waals surface area contributed by atoms with Crippen LogP contribution in [0.5, 0.6) is 0 Å². The van der Waals surface area contributed by atoms with Crippen molar-refractivity contribution in [3.63, 3.8) is 0 Å². The second-order valence-electron chi connectivity index (χ2n) is 7.72. The van der Waals surface area contributed by atoms with Crippen LogP contribution in [0, 0.1) is 12.3 Å². The van der Waals surface area contributed by atoms with Gasteiger partial charge in [0.05, 0.1) is 6.10 Å². The maximum Gasteiger partial charge on any atom is 0.261 e. The largest absolute Gasteiger partial charge is 0.407 e. The molecule has 3 heteroatoms. The summed E-state index contributed by atoms with van der Waals surface area (Å²) in [7, 11) is -2.46. The first kappa shape index (κ1) is 20.4. The van der Waals surface area contributed by atoms with Crippen molar-refractivity contribution in [2.24, 2.45) is 0 Å². The smallest absolute Gasteiger partial charge is 0.261 e. The van der Waals surface area contributed by atoms with E-state index < -0.39 is 14.4 Å². The summed E-state index contributed by atoms with van der Waals surface area (Å²) in [5, 5.41) is 12.4. The SMILES string of the molecule is C#CC[C@@H](O)CCCO[Si](c1ccccc1)(c1ccccc1)C(C)(C)C. The van der Waals surface area contributed by atoms with Gasteiger partial charge in [-0.3, -0.25) is 0 Å². The maximum absolute atomic E-state index is 9.89. The molecule has 2 rings (SSSR count). The molecule has 0 aliphatic rings. The van der Waals surface area contributed by atoms with Gasteiger partial charge in [-0.15, -0.1) is 12.3 Å². The Hall–Kier alpha value is -1.86. The van der Waals surface area contributed by atoms with E-state index in [4.69, 9.17) is 10.8 Å². The fourth-order valence-corrected chi connectivity index (χ4v) is 8.15. The van der Waals surface area contributed by atoms with Crippen LogP contribution in [0.3, 0.4) is 0 Å². The molecule has 0 bridgehead atoms. The van der Waals surface area contributed by atoms with Crippen molar-refractivity contribution >= 4 is 18.7 Å². The fourth-order valence-electron chi connectivity index (χ4n) is 3.54. The number of aliphatic hydroxyl groups is 1. The van der Waals surface area contributed by atoms with Crippen molar-refractivity contribution in [2.75, 3.05) is 6.61 Å². The van der Waals surface area contributed by atoms with E-state index in [2.05, 4.69) is 75.2 Å². The highest BCUT2D eigenvalue weighted by Gasteiger charge is 2.49. The molecule has 0 amide bonds. The molecular formula is C23H30O2Si. The summed E-state index contributed by atoms with van der Waals surface area (Å²) < 4.78 is 6.77. The third-order valence-electron chi connectivity index (χ3n) is 4.77. The van der Waals surface area contributed by atoms with Crippen LogP contribution in [-0.4, -0.2) is 26.1 Å². The van der Waals surface area contributed by atoms with Crippen molar-refractivity contribution < 1.29 is 9.53 Å². The number of rotatable bonds is 8. The molecule has 2 aromatic rings. The average Bonchev–Trinajstić information content (AvgIpc) is 2.62. The fraction of sp³-hybridized carbons (Fsp3) is 0.391. The van der Waals surface area contributed by atoms with Crippen molar-refractivity contribution in [1.82, 2.24) is 0 Å². The zero-order valence-corrected chi connectivity index (χ0v) is 17.1. The molecule has 0 spiro atoms. The van der Waals surface area contributed by atoms with Gasteiger partial charge in [-0.2, -0.15) is 0 Å². The van der Waals surface area contributed by atoms with Crippen LogP contribution < -0.4 is 10.4 Å². The third kappa shape index (κ3) is 4.65. The highest BCUT2D eigenvalue weighted by atomic mass is 28.4. The second-order valence-corrected chi connectivity index (χ2v) is 12.0. The molecule has 0 fully saturated rings. The molecule has 138 valence electrons. The zero-order valence-electron chi connectivity index (χ0n) is 16.1. The van der Waals surface area contributed by atoms with E-state index in [9.17, 15) is 5.11 Å². The molecule has 0 aliphatic carbocycles. The van der Waals surface area contributed by atoms with Crippen molar-refractivity contribution in [3.8, 4) is 12.3 Å². The monoisotopic (exact) mass is 366 g/mol. The summed E-state index contributed by atoms with van der Waals surface area (Å²) in [6.45, 7) is 7.43. The van der Waals surface area contributed by atoms with Gasteiger partial charge in [0, 0.05) is 13.0 Å². The van der Waals surface area contributed by atoms with Gasteiger partial charge in [-0.25, -0.2) is 0 Å². The number of terminal acetylenes is 1. The number of aliphatic hydroxyl groups excluding tert-OH is 1. The third-order valence-corrected chi connectivity index (χ3v) is 9.81. The van der Waals surface area contributed by atoms with Crippen molar-refractivity contribution in [3.05, 3.63) is 60.7 Å². The lowest BCUT2D eigenvalue weighted by molar-refractivity contribution is 0.156. The van der Waals surface area contributed by atoms with Crippen LogP contribution >= 0.6 is 0 Å². The average molecular weight is 367 g/mol. The Kier molecular flexibility index (Phi) is 7.22. The minimum absolute atomic E-state index is 0.0207. The van der Waals surface area contributed by atoms with E-state index >= 15 is 0 Å². The van der Waals surface area contributed by atoms with E-state index in [-0.39, 0.29) is 5.04 Å². The standard InChI is InChI=1S/C23H30O2Si/c1-5-13-20(24)14-12-19-25-26(23(2,3)4,21-15-8-6-9-16-21)22-17-10-7-11-18-22/h1,6-11,15-18,20,24H,12-14,19H2,2-4H3/t20-/m1/s1. The first-order chi connectivity index (χ1) is 12.4. The van der Waals surface area contributed by atoms with Gasteiger partial charge in [0.15, 0.2) is 0 Å². The molecule has 0 heterocycles. The van der Waals surface area contributed by atoms with Gasteiger partial charge < -0.3 is 9.53 Å². The predicted octanol–water partition coefficient (Wildman–Crippen LogP) is 3.73. The first-order valence-corrected chi connectivity index (χ1v) is 11.2. The first-order valence-electron chi connectivity index (χ1n) is 9.28. The zero-order chi connectivity index (χ0) is 19.0. The van der Waals surface area contributed by atoms with Crippen molar-refractivity contribution in [2.45, 2.75) is 51.2 Å². The van der Waals surface area contributed by atoms with Crippen LogP contribution in [0.4, 0.5) is 0 Å². The normalized spacial score (nSPS) is 13.2. The molecule has 0 saturated carbocycles. The van der Waals surface area contributed by atoms with Crippen LogP contribution in [0.15, 0.2) is 60.7 Å². The molecule has 26 heavy (non-hydrogen) atoms. The summed E-state index contributed by atoms with van der Waals surface area (Å²) in [6.07, 6.45) is 6.71. The molecule has 0 aliphatic heterocycles. The number of hydrogen-bond acceptors (Lipinski definition) is 2. The Labute approximate surface area is 159 Å². The molecule has 0 radical (unpaired) electrons. The number of hydrogen-bond donors (Lipinski definition) is 1. The summed E-state index contributed by atoms with van der Waals surface area (Å²) >= 11 is 0.